The first-order valence-electron chi connectivity index (χ1n) is 1.37. The van der Waals surface area contributed by atoms with E-state index in [9.17, 15) is 8.42 Å². The molecule has 0 radical (unpaired) electrons. The van der Waals surface area contributed by atoms with Gasteiger partial charge >= 0.3 is 0 Å². The fourth-order valence-electron chi connectivity index (χ4n) is 0.0589. The molecule has 4 nitrogen and oxygen atoms in total. The van der Waals surface area contributed by atoms with Crippen molar-refractivity contribution in [2.45, 2.75) is 0 Å². The van der Waals surface area contributed by atoms with Gasteiger partial charge in [-0.2, -0.15) is 0 Å². The van der Waals surface area contributed by atoms with Crippen molar-refractivity contribution in [3.63, 3.8) is 0 Å². The molecule has 0 aromatic heterocycles. The largest absolute Gasteiger partial charge is 0.297 e. The zero-order valence-electron chi connectivity index (χ0n) is 3.75. The zero-order valence-corrected chi connectivity index (χ0v) is 7.83. The molecule has 0 aliphatic carbocycles. The Kier molecular flexibility index (Phi) is 6.86. The molecule has 0 bridgehead atoms. The van der Waals surface area contributed by atoms with Gasteiger partial charge in [0.05, 0.1) is 0 Å². The van der Waals surface area contributed by atoms with Crippen LogP contribution < -0.4 is 0 Å². The predicted molar refractivity (Wildman–Crippen MR) is 44.3 cm³/mol. The van der Waals surface area contributed by atoms with Gasteiger partial charge in [-0.05, 0) is 0 Å². The van der Waals surface area contributed by atoms with E-state index in [2.05, 4.69) is 0 Å². The minimum Gasteiger partial charge on any atom is -0.297 e. The Bertz CT molecular complexity index is 104. The summed E-state index contributed by atoms with van der Waals surface area (Å²) in [5, 5.41) is 0. The molecule has 0 spiro atoms. The van der Waals surface area contributed by atoms with E-state index in [-0.39, 0.29) is 0 Å². The first-order chi connectivity index (χ1) is 4.13. The van der Waals surface area contributed by atoms with E-state index in [4.69, 9.17) is 9.11 Å². The molecule has 0 heterocycles. The summed E-state index contributed by atoms with van der Waals surface area (Å²) in [4.78, 5) is 0. The molecule has 0 aliphatic rings. The smallest absolute Gasteiger partial charge is 0.228 e. The average molecular weight is 226 g/mol. The van der Waals surface area contributed by atoms with Crippen molar-refractivity contribution in [3.05, 3.63) is 0 Å². The van der Waals surface area contributed by atoms with Crippen LogP contribution in [0.4, 0.5) is 0 Å². The topological polar surface area (TPSA) is 74.6 Å². The third kappa shape index (κ3) is 9.27. The maximum atomic E-state index is 9.84. The van der Waals surface area contributed by atoms with Crippen molar-refractivity contribution in [2.75, 3.05) is 0 Å². The highest BCUT2D eigenvalue weighted by atomic mass is 33.8. The van der Waals surface area contributed by atoms with Gasteiger partial charge in [-0.15, -0.1) is 0 Å². The van der Waals surface area contributed by atoms with Crippen molar-refractivity contribution >= 4 is 49.7 Å². The summed E-state index contributed by atoms with van der Waals surface area (Å²) in [5.74, 6) is 0. The van der Waals surface area contributed by atoms with Crippen molar-refractivity contribution in [3.8, 4) is 0 Å². The minimum absolute atomic E-state index is 0.614. The Morgan fingerprint density at radius 2 is 1.33 bits per heavy atom. The first-order valence-corrected chi connectivity index (χ1v) is 8.10. The molecule has 0 aliphatic heterocycles. The van der Waals surface area contributed by atoms with Crippen LogP contribution in [-0.2, 0) is 20.2 Å². The Morgan fingerprint density at radius 3 is 1.56 bits per heavy atom. The number of hydrogen-bond acceptors (Lipinski definition) is 5. The molecule has 0 fully saturated rings. The third-order valence-electron chi connectivity index (χ3n) is 0.172. The lowest BCUT2D eigenvalue weighted by Gasteiger charge is -1.87. The Morgan fingerprint density at radius 1 is 1.00 bits per heavy atom. The lowest BCUT2D eigenvalue weighted by atomic mass is 15.9. The van der Waals surface area contributed by atoms with Crippen molar-refractivity contribution in [1.29, 1.82) is 0 Å². The van der Waals surface area contributed by atoms with Crippen LogP contribution in [-0.4, -0.2) is 17.5 Å². The molecule has 56 valence electrons. The summed E-state index contributed by atoms with van der Waals surface area (Å²) >= 11 is 0. The van der Waals surface area contributed by atoms with Gasteiger partial charge in [0.25, 0.3) is 0 Å². The molecule has 0 aromatic carbocycles. The molecule has 9 heavy (non-hydrogen) atoms. The molecule has 0 saturated heterocycles. The second-order valence-electron chi connectivity index (χ2n) is 0.638. The first kappa shape index (κ1) is 10.3. The van der Waals surface area contributed by atoms with Crippen LogP contribution >= 0.6 is 29.5 Å². The van der Waals surface area contributed by atoms with Gasteiger partial charge in [-0.3, -0.25) is 9.11 Å². The molecule has 0 aromatic rings. The average Bonchev–Trinajstić information content (AvgIpc) is 1.63. The van der Waals surface area contributed by atoms with Gasteiger partial charge in [-0.1, -0.05) is 0 Å². The molecular formula is H2O4S5. The molecule has 2 unspecified atom stereocenters. The number of rotatable bonds is 4. The van der Waals surface area contributed by atoms with Crippen LogP contribution in [0.25, 0.3) is 0 Å². The summed E-state index contributed by atoms with van der Waals surface area (Å²) in [6.45, 7) is 0. The fourth-order valence-corrected chi connectivity index (χ4v) is 6.61. The molecule has 2 atom stereocenters. The molecule has 0 rings (SSSR count). The van der Waals surface area contributed by atoms with Crippen molar-refractivity contribution in [1.82, 2.24) is 0 Å². The van der Waals surface area contributed by atoms with E-state index in [0.29, 0.717) is 19.7 Å². The van der Waals surface area contributed by atoms with E-state index in [1.807, 2.05) is 0 Å². The van der Waals surface area contributed by atoms with E-state index in [0.717, 1.165) is 9.83 Å². The van der Waals surface area contributed by atoms with Crippen molar-refractivity contribution < 1.29 is 17.5 Å². The summed E-state index contributed by atoms with van der Waals surface area (Å²) in [6, 6.07) is 0. The molecule has 9 heteroatoms. The van der Waals surface area contributed by atoms with Gasteiger partial charge in [0.1, 0.15) is 0 Å². The van der Waals surface area contributed by atoms with Crippen LogP contribution in [0.5, 0.6) is 0 Å². The highest BCUT2D eigenvalue weighted by Crippen LogP contribution is 2.37. The van der Waals surface area contributed by atoms with Crippen LogP contribution in [0, 0.1) is 0 Å². The Balaban J connectivity index is 3.10. The Labute approximate surface area is 67.1 Å². The standard InChI is InChI=1S/H2O4S5/c1-8(2)6-5-7-9(3)4/h(H,1,2)(H,3,4). The number of hydrogen-bond donors (Lipinski definition) is 2. The minimum atomic E-state index is -1.97. The van der Waals surface area contributed by atoms with E-state index in [1.54, 1.807) is 0 Å². The second kappa shape index (κ2) is 6.01. The van der Waals surface area contributed by atoms with Crippen molar-refractivity contribution in [2.24, 2.45) is 0 Å². The normalized spacial score (nSPS) is 17.1. The fraction of sp³-hybridized carbons (Fsp3) is 0. The van der Waals surface area contributed by atoms with Gasteiger partial charge in [0.15, 0.2) is 0 Å². The third-order valence-corrected chi connectivity index (χ3v) is 7.64. The predicted octanol–water partition coefficient (Wildman–Crippen LogP) is 1.29. The van der Waals surface area contributed by atoms with Gasteiger partial charge in [-0.25, -0.2) is 8.42 Å². The summed E-state index contributed by atoms with van der Waals surface area (Å²) < 4.78 is 35.9. The Hall–Kier alpha value is 1.27. The highest BCUT2D eigenvalue weighted by molar-refractivity contribution is 9.32. The summed E-state index contributed by atoms with van der Waals surface area (Å²) in [7, 11) is -1.91. The highest BCUT2D eigenvalue weighted by Gasteiger charge is 1.99. The summed E-state index contributed by atoms with van der Waals surface area (Å²) in [6.07, 6.45) is 0. The maximum absolute atomic E-state index is 9.84. The SMILES string of the molecule is O=S(O)SSSS(=O)O. The van der Waals surface area contributed by atoms with Crippen LogP contribution in [0.2, 0.25) is 0 Å². The summed E-state index contributed by atoms with van der Waals surface area (Å²) in [5.41, 5.74) is 0. The van der Waals surface area contributed by atoms with Gasteiger partial charge in [0, 0.05) is 29.5 Å². The molecule has 0 amide bonds. The zero-order chi connectivity index (χ0) is 7.28. The molecule has 0 saturated carbocycles. The van der Waals surface area contributed by atoms with Gasteiger partial charge < -0.3 is 0 Å². The molecular weight excluding hydrogens is 224 g/mol. The van der Waals surface area contributed by atoms with E-state index >= 15 is 0 Å². The van der Waals surface area contributed by atoms with E-state index < -0.39 is 20.2 Å². The van der Waals surface area contributed by atoms with Crippen LogP contribution in [0.15, 0.2) is 0 Å². The lowest BCUT2D eigenvalue weighted by Crippen LogP contribution is -1.72. The maximum Gasteiger partial charge on any atom is 0.228 e. The second-order valence-corrected chi connectivity index (χ2v) is 8.52. The monoisotopic (exact) mass is 226 g/mol. The van der Waals surface area contributed by atoms with Gasteiger partial charge in [0.2, 0.25) is 20.2 Å². The lowest BCUT2D eigenvalue weighted by molar-refractivity contribution is 0.580. The van der Waals surface area contributed by atoms with E-state index in [1.165, 1.54) is 0 Å². The quantitative estimate of drug-likeness (QED) is 0.552. The van der Waals surface area contributed by atoms with Crippen LogP contribution in [0.1, 0.15) is 0 Å². The van der Waals surface area contributed by atoms with Crippen LogP contribution in [0.3, 0.4) is 0 Å². The molecule has 2 N–H and O–H groups in total.